The molecule has 0 spiro atoms. The molecule has 19 heavy (non-hydrogen) atoms. The molecule has 3 N–H and O–H groups in total. The second-order valence-corrected chi connectivity index (χ2v) is 8.38. The molecule has 0 saturated heterocycles. The molecule has 1 aliphatic rings. The van der Waals surface area contributed by atoms with Gasteiger partial charge in [0.2, 0.25) is 0 Å². The van der Waals surface area contributed by atoms with Crippen LogP contribution >= 0.6 is 11.3 Å². The number of nitriles is 1. The van der Waals surface area contributed by atoms with Gasteiger partial charge in [0.25, 0.3) is 0 Å². The predicted octanol–water partition coefficient (Wildman–Crippen LogP) is 2.21. The minimum absolute atomic E-state index is 0.0660. The van der Waals surface area contributed by atoms with Crippen molar-refractivity contribution in [3.63, 3.8) is 0 Å². The molecule has 1 aliphatic carbocycles. The standard InChI is InChI=1S/C12H17N3O2S2/c1-12(4-3-5-12)7-15-11-10(19(2,16)17)9(14)8(6-13)18-11/h15H,3-5,7,14H2,1-2H3. The number of thiophene rings is 1. The molecule has 104 valence electrons. The fraction of sp³-hybridized carbons (Fsp3) is 0.583. The second-order valence-electron chi connectivity index (χ2n) is 5.40. The first-order valence-corrected chi connectivity index (χ1v) is 8.74. The molecule has 5 nitrogen and oxygen atoms in total. The van der Waals surface area contributed by atoms with E-state index in [9.17, 15) is 8.42 Å². The lowest BCUT2D eigenvalue weighted by atomic mass is 9.70. The summed E-state index contributed by atoms with van der Waals surface area (Å²) in [6.45, 7) is 2.88. The lowest BCUT2D eigenvalue weighted by molar-refractivity contribution is 0.180. The maximum Gasteiger partial charge on any atom is 0.180 e. The third-order valence-electron chi connectivity index (χ3n) is 3.61. The van der Waals surface area contributed by atoms with Gasteiger partial charge in [0.05, 0.1) is 5.69 Å². The minimum Gasteiger partial charge on any atom is -0.396 e. The molecule has 1 saturated carbocycles. The van der Waals surface area contributed by atoms with Crippen molar-refractivity contribution in [2.24, 2.45) is 5.41 Å². The summed E-state index contributed by atoms with van der Waals surface area (Å²) >= 11 is 1.11. The van der Waals surface area contributed by atoms with Gasteiger partial charge < -0.3 is 11.1 Å². The SMILES string of the molecule is CC1(CNc2sc(C#N)c(N)c2S(C)(=O)=O)CCC1. The Hall–Kier alpha value is -1.26. The van der Waals surface area contributed by atoms with Crippen molar-refractivity contribution in [2.75, 3.05) is 23.9 Å². The van der Waals surface area contributed by atoms with Gasteiger partial charge in [-0.15, -0.1) is 11.3 Å². The summed E-state index contributed by atoms with van der Waals surface area (Å²) in [6.07, 6.45) is 4.61. The summed E-state index contributed by atoms with van der Waals surface area (Å²) in [5, 5.41) is 12.6. The van der Waals surface area contributed by atoms with E-state index in [0.717, 1.165) is 30.4 Å². The number of sulfone groups is 1. The van der Waals surface area contributed by atoms with Crippen LogP contribution in [0, 0.1) is 16.7 Å². The summed E-state index contributed by atoms with van der Waals surface area (Å²) < 4.78 is 23.6. The Kier molecular flexibility index (Phi) is 3.49. The molecular formula is C12H17N3O2S2. The van der Waals surface area contributed by atoms with Crippen LogP contribution in [0.15, 0.2) is 4.90 Å². The molecular weight excluding hydrogens is 282 g/mol. The Labute approximate surface area is 117 Å². The first kappa shape index (κ1) is 14.2. The van der Waals surface area contributed by atoms with E-state index < -0.39 is 9.84 Å². The monoisotopic (exact) mass is 299 g/mol. The van der Waals surface area contributed by atoms with Gasteiger partial charge in [0, 0.05) is 12.8 Å². The number of anilines is 2. The van der Waals surface area contributed by atoms with Crippen LogP contribution in [-0.2, 0) is 9.84 Å². The Morgan fingerprint density at radius 1 is 1.53 bits per heavy atom. The third-order valence-corrected chi connectivity index (χ3v) is 5.97. The lowest BCUT2D eigenvalue weighted by Crippen LogP contribution is -2.33. The van der Waals surface area contributed by atoms with Crippen molar-refractivity contribution in [3.8, 4) is 6.07 Å². The molecule has 0 aliphatic heterocycles. The predicted molar refractivity (Wildman–Crippen MR) is 77.0 cm³/mol. The topological polar surface area (TPSA) is 96.0 Å². The van der Waals surface area contributed by atoms with Gasteiger partial charge in [-0.1, -0.05) is 13.3 Å². The summed E-state index contributed by atoms with van der Waals surface area (Å²) in [5.41, 5.74) is 6.04. The average molecular weight is 299 g/mol. The van der Waals surface area contributed by atoms with Gasteiger partial charge in [-0.25, -0.2) is 8.42 Å². The van der Waals surface area contributed by atoms with Crippen LogP contribution < -0.4 is 11.1 Å². The highest BCUT2D eigenvalue weighted by molar-refractivity contribution is 7.91. The van der Waals surface area contributed by atoms with E-state index in [1.165, 1.54) is 6.42 Å². The van der Waals surface area contributed by atoms with Crippen LogP contribution in [0.1, 0.15) is 31.1 Å². The van der Waals surface area contributed by atoms with Crippen LogP contribution in [0.25, 0.3) is 0 Å². The zero-order valence-corrected chi connectivity index (χ0v) is 12.6. The van der Waals surface area contributed by atoms with Crippen LogP contribution in [-0.4, -0.2) is 21.2 Å². The van der Waals surface area contributed by atoms with E-state index in [0.29, 0.717) is 11.5 Å². The molecule has 0 radical (unpaired) electrons. The molecule has 0 bridgehead atoms. The summed E-state index contributed by atoms with van der Waals surface area (Å²) in [5.74, 6) is 0. The Balaban J connectivity index is 2.32. The maximum absolute atomic E-state index is 11.8. The van der Waals surface area contributed by atoms with Crippen molar-refractivity contribution < 1.29 is 8.42 Å². The molecule has 0 atom stereocenters. The molecule has 0 unspecified atom stereocenters. The quantitative estimate of drug-likeness (QED) is 0.888. The highest BCUT2D eigenvalue weighted by Gasteiger charge is 2.32. The molecule has 1 aromatic heterocycles. The smallest absolute Gasteiger partial charge is 0.180 e. The lowest BCUT2D eigenvalue weighted by Gasteiger charge is -2.38. The van der Waals surface area contributed by atoms with Crippen LogP contribution in [0.5, 0.6) is 0 Å². The molecule has 1 heterocycles. The number of nitrogens with zero attached hydrogens (tertiary/aromatic N) is 1. The highest BCUT2D eigenvalue weighted by atomic mass is 32.2. The highest BCUT2D eigenvalue weighted by Crippen LogP contribution is 2.43. The largest absolute Gasteiger partial charge is 0.396 e. The van der Waals surface area contributed by atoms with Crippen molar-refractivity contribution in [3.05, 3.63) is 4.88 Å². The molecule has 7 heteroatoms. The average Bonchev–Trinajstić information content (AvgIpc) is 2.60. The molecule has 0 aromatic carbocycles. The zero-order chi connectivity index (χ0) is 14.3. The minimum atomic E-state index is -3.44. The van der Waals surface area contributed by atoms with E-state index in [1.807, 2.05) is 6.07 Å². The normalized spacial score (nSPS) is 17.5. The van der Waals surface area contributed by atoms with Crippen molar-refractivity contribution in [1.29, 1.82) is 5.26 Å². The van der Waals surface area contributed by atoms with Gasteiger partial charge in [0.1, 0.15) is 20.8 Å². The Morgan fingerprint density at radius 2 is 2.16 bits per heavy atom. The van der Waals surface area contributed by atoms with Crippen molar-refractivity contribution in [1.82, 2.24) is 0 Å². The first-order valence-electron chi connectivity index (χ1n) is 6.03. The Bertz CT molecular complexity index is 637. The van der Waals surface area contributed by atoms with E-state index in [2.05, 4.69) is 12.2 Å². The fourth-order valence-electron chi connectivity index (χ4n) is 2.25. The van der Waals surface area contributed by atoms with Crippen LogP contribution in [0.4, 0.5) is 10.7 Å². The number of nitrogens with two attached hydrogens (primary N) is 1. The van der Waals surface area contributed by atoms with Gasteiger partial charge in [-0.05, 0) is 18.3 Å². The van der Waals surface area contributed by atoms with Crippen molar-refractivity contribution >= 4 is 31.9 Å². The van der Waals surface area contributed by atoms with Gasteiger partial charge in [0.15, 0.2) is 9.84 Å². The molecule has 2 rings (SSSR count). The number of hydrogen-bond donors (Lipinski definition) is 2. The molecule has 0 amide bonds. The van der Waals surface area contributed by atoms with E-state index >= 15 is 0 Å². The van der Waals surface area contributed by atoms with E-state index in [4.69, 9.17) is 11.0 Å². The number of nitrogen functional groups attached to an aromatic ring is 1. The summed E-state index contributed by atoms with van der Waals surface area (Å²) in [7, 11) is -3.44. The summed E-state index contributed by atoms with van der Waals surface area (Å²) in [6, 6.07) is 1.94. The number of hydrogen-bond acceptors (Lipinski definition) is 6. The molecule has 1 fully saturated rings. The van der Waals surface area contributed by atoms with Crippen LogP contribution in [0.2, 0.25) is 0 Å². The van der Waals surface area contributed by atoms with Gasteiger partial charge in [-0.3, -0.25) is 0 Å². The fourth-order valence-corrected chi connectivity index (χ4v) is 4.61. The Morgan fingerprint density at radius 3 is 2.58 bits per heavy atom. The summed E-state index contributed by atoms with van der Waals surface area (Å²) in [4.78, 5) is 0.318. The van der Waals surface area contributed by atoms with Gasteiger partial charge in [-0.2, -0.15) is 5.26 Å². The van der Waals surface area contributed by atoms with Gasteiger partial charge >= 0.3 is 0 Å². The third kappa shape index (κ3) is 2.69. The first-order chi connectivity index (χ1) is 8.77. The molecule has 1 aromatic rings. The number of nitrogens with one attached hydrogen (secondary N) is 1. The van der Waals surface area contributed by atoms with E-state index in [1.54, 1.807) is 0 Å². The van der Waals surface area contributed by atoms with Crippen LogP contribution in [0.3, 0.4) is 0 Å². The van der Waals surface area contributed by atoms with Crippen molar-refractivity contribution in [2.45, 2.75) is 31.1 Å². The van der Waals surface area contributed by atoms with E-state index in [-0.39, 0.29) is 20.9 Å². The number of rotatable bonds is 4. The maximum atomic E-state index is 11.8. The second kappa shape index (κ2) is 4.69. The zero-order valence-electron chi connectivity index (χ0n) is 11.0.